The van der Waals surface area contributed by atoms with Gasteiger partial charge in [0.25, 0.3) is 0 Å². The Morgan fingerprint density at radius 1 is 1.00 bits per heavy atom. The van der Waals surface area contributed by atoms with E-state index in [4.69, 9.17) is 9.47 Å². The van der Waals surface area contributed by atoms with Gasteiger partial charge in [-0.15, -0.1) is 0 Å². The standard InChI is InChI=1S/C22H36O3/c1-4-17-19-14-12-15(20(19)18(5-2)24-17)16(13-14)21(23)25-22(6-3)10-8-7-9-11-22/h14-20H,4-13H2,1-3H3. The molecule has 1 aliphatic heterocycles. The Morgan fingerprint density at radius 2 is 1.68 bits per heavy atom. The fraction of sp³-hybridized carbons (Fsp3) is 0.955. The molecule has 0 N–H and O–H groups in total. The minimum atomic E-state index is -0.154. The monoisotopic (exact) mass is 348 g/mol. The van der Waals surface area contributed by atoms with Gasteiger partial charge in [-0.2, -0.15) is 0 Å². The van der Waals surface area contributed by atoms with E-state index in [9.17, 15) is 4.79 Å². The molecule has 0 aromatic rings. The predicted molar refractivity (Wildman–Crippen MR) is 98.1 cm³/mol. The van der Waals surface area contributed by atoms with E-state index in [1.165, 1.54) is 25.7 Å². The van der Waals surface area contributed by atoms with Gasteiger partial charge in [0, 0.05) is 0 Å². The maximum absolute atomic E-state index is 13.1. The van der Waals surface area contributed by atoms with Crippen molar-refractivity contribution < 1.29 is 14.3 Å². The van der Waals surface area contributed by atoms with Crippen molar-refractivity contribution >= 4 is 5.97 Å². The van der Waals surface area contributed by atoms with Gasteiger partial charge in [-0.1, -0.05) is 27.2 Å². The van der Waals surface area contributed by atoms with Crippen LogP contribution in [0.15, 0.2) is 0 Å². The minimum Gasteiger partial charge on any atom is -0.459 e. The lowest BCUT2D eigenvalue weighted by molar-refractivity contribution is -0.172. The minimum absolute atomic E-state index is 0.129. The van der Waals surface area contributed by atoms with Gasteiger partial charge in [0.2, 0.25) is 0 Å². The molecule has 25 heavy (non-hydrogen) atoms. The van der Waals surface area contributed by atoms with E-state index >= 15 is 0 Å². The second-order valence-electron chi connectivity index (χ2n) is 9.20. The molecule has 2 bridgehead atoms. The summed E-state index contributed by atoms with van der Waals surface area (Å²) >= 11 is 0. The Hall–Kier alpha value is -0.570. The highest BCUT2D eigenvalue weighted by Gasteiger charge is 2.62. The molecule has 0 spiro atoms. The lowest BCUT2D eigenvalue weighted by atomic mass is 9.70. The maximum atomic E-state index is 13.1. The molecule has 4 aliphatic rings. The van der Waals surface area contributed by atoms with E-state index in [0.29, 0.717) is 35.9 Å². The highest BCUT2D eigenvalue weighted by atomic mass is 16.6. The van der Waals surface area contributed by atoms with Gasteiger partial charge >= 0.3 is 5.97 Å². The average Bonchev–Trinajstić information content (AvgIpc) is 3.32. The molecule has 3 nitrogen and oxygen atoms in total. The Bertz CT molecular complexity index is 496. The van der Waals surface area contributed by atoms with E-state index in [2.05, 4.69) is 20.8 Å². The SMILES string of the molecule is CCC1OC(CC)C2C3CC(CC3C(=O)OC3(CC)CCCCC3)C12. The third-order valence-corrected chi connectivity index (χ3v) is 8.17. The van der Waals surface area contributed by atoms with Crippen LogP contribution < -0.4 is 0 Å². The molecule has 3 saturated carbocycles. The Balaban J connectivity index is 1.47. The van der Waals surface area contributed by atoms with E-state index in [1.54, 1.807) is 0 Å². The molecule has 0 radical (unpaired) electrons. The van der Waals surface area contributed by atoms with Crippen molar-refractivity contribution in [2.24, 2.45) is 29.6 Å². The first-order valence-electron chi connectivity index (χ1n) is 11.0. The predicted octanol–water partition coefficient (Wildman–Crippen LogP) is 5.12. The molecule has 0 amide bonds. The van der Waals surface area contributed by atoms with Crippen LogP contribution in [0.1, 0.15) is 85.0 Å². The number of fused-ring (bicyclic) bond motifs is 5. The summed E-state index contributed by atoms with van der Waals surface area (Å²) in [6, 6.07) is 0. The fourth-order valence-electron chi connectivity index (χ4n) is 6.95. The van der Waals surface area contributed by atoms with Gasteiger partial charge in [0.1, 0.15) is 5.60 Å². The van der Waals surface area contributed by atoms with Gasteiger partial charge in [0.15, 0.2) is 0 Å². The molecule has 3 aliphatic carbocycles. The van der Waals surface area contributed by atoms with Crippen molar-refractivity contribution in [2.75, 3.05) is 0 Å². The molecule has 7 atom stereocenters. The Labute approximate surface area is 153 Å². The summed E-state index contributed by atoms with van der Waals surface area (Å²) in [4.78, 5) is 13.1. The summed E-state index contributed by atoms with van der Waals surface area (Å²) in [6.45, 7) is 6.69. The second kappa shape index (κ2) is 6.87. The zero-order chi connectivity index (χ0) is 17.6. The first kappa shape index (κ1) is 17.8. The third kappa shape index (κ3) is 2.85. The molecule has 3 heteroatoms. The van der Waals surface area contributed by atoms with Crippen molar-refractivity contribution in [3.63, 3.8) is 0 Å². The van der Waals surface area contributed by atoms with Crippen LogP contribution >= 0.6 is 0 Å². The average molecular weight is 349 g/mol. The number of ether oxygens (including phenoxy) is 2. The fourth-order valence-corrected chi connectivity index (χ4v) is 6.95. The van der Waals surface area contributed by atoms with Crippen molar-refractivity contribution in [1.29, 1.82) is 0 Å². The highest BCUT2D eigenvalue weighted by molar-refractivity contribution is 5.74. The van der Waals surface area contributed by atoms with Gasteiger partial charge in [-0.05, 0) is 81.5 Å². The van der Waals surface area contributed by atoms with Gasteiger partial charge < -0.3 is 9.47 Å². The Morgan fingerprint density at radius 3 is 2.32 bits per heavy atom. The van der Waals surface area contributed by atoms with Crippen molar-refractivity contribution in [3.05, 3.63) is 0 Å². The van der Waals surface area contributed by atoms with E-state index in [-0.39, 0.29) is 17.5 Å². The second-order valence-corrected chi connectivity index (χ2v) is 9.20. The molecule has 0 aromatic heterocycles. The zero-order valence-corrected chi connectivity index (χ0v) is 16.3. The largest absolute Gasteiger partial charge is 0.459 e. The molecular weight excluding hydrogens is 312 g/mol. The maximum Gasteiger partial charge on any atom is 0.309 e. The number of hydrogen-bond donors (Lipinski definition) is 0. The molecule has 0 aromatic carbocycles. The Kier molecular flexibility index (Phi) is 4.90. The summed E-state index contributed by atoms with van der Waals surface area (Å²) in [6.07, 6.45) is 12.1. The lowest BCUT2D eigenvalue weighted by Gasteiger charge is -2.39. The van der Waals surface area contributed by atoms with Crippen LogP contribution in [0, 0.1) is 29.6 Å². The van der Waals surface area contributed by atoms with Crippen molar-refractivity contribution in [3.8, 4) is 0 Å². The van der Waals surface area contributed by atoms with Crippen LogP contribution in [-0.2, 0) is 14.3 Å². The van der Waals surface area contributed by atoms with Gasteiger partial charge in [0.05, 0.1) is 18.1 Å². The van der Waals surface area contributed by atoms with Crippen LogP contribution in [0.3, 0.4) is 0 Å². The molecule has 1 heterocycles. The summed E-state index contributed by atoms with van der Waals surface area (Å²) in [7, 11) is 0. The zero-order valence-electron chi connectivity index (χ0n) is 16.3. The van der Waals surface area contributed by atoms with Crippen LogP contribution in [0.2, 0.25) is 0 Å². The lowest BCUT2D eigenvalue weighted by Crippen LogP contribution is -2.42. The molecule has 1 saturated heterocycles. The molecular formula is C22H36O3. The highest BCUT2D eigenvalue weighted by Crippen LogP contribution is 2.62. The normalized spacial score (nSPS) is 44.7. The number of esters is 1. The molecule has 142 valence electrons. The number of rotatable bonds is 5. The van der Waals surface area contributed by atoms with Crippen LogP contribution in [0.25, 0.3) is 0 Å². The summed E-state index contributed by atoms with van der Waals surface area (Å²) in [5.41, 5.74) is -0.154. The van der Waals surface area contributed by atoms with E-state index < -0.39 is 0 Å². The summed E-state index contributed by atoms with van der Waals surface area (Å²) < 4.78 is 12.6. The van der Waals surface area contributed by atoms with E-state index in [0.717, 1.165) is 38.5 Å². The van der Waals surface area contributed by atoms with Gasteiger partial charge in [-0.3, -0.25) is 4.79 Å². The topological polar surface area (TPSA) is 35.5 Å². The van der Waals surface area contributed by atoms with Crippen molar-refractivity contribution in [1.82, 2.24) is 0 Å². The number of carbonyl (C=O) groups is 1. The number of hydrogen-bond acceptors (Lipinski definition) is 3. The van der Waals surface area contributed by atoms with Gasteiger partial charge in [-0.25, -0.2) is 0 Å². The van der Waals surface area contributed by atoms with E-state index in [1.807, 2.05) is 0 Å². The quantitative estimate of drug-likeness (QED) is 0.647. The summed E-state index contributed by atoms with van der Waals surface area (Å²) in [5.74, 6) is 2.79. The first-order valence-corrected chi connectivity index (χ1v) is 11.0. The molecule has 4 rings (SSSR count). The smallest absolute Gasteiger partial charge is 0.309 e. The first-order chi connectivity index (χ1) is 12.1. The van der Waals surface area contributed by atoms with Crippen molar-refractivity contribution in [2.45, 2.75) is 103 Å². The summed E-state index contributed by atoms with van der Waals surface area (Å²) in [5, 5.41) is 0. The van der Waals surface area contributed by atoms with Crippen LogP contribution in [0.4, 0.5) is 0 Å². The van der Waals surface area contributed by atoms with Crippen LogP contribution in [-0.4, -0.2) is 23.8 Å². The third-order valence-electron chi connectivity index (χ3n) is 8.17. The molecule has 4 fully saturated rings. The van der Waals surface area contributed by atoms with Crippen LogP contribution in [0.5, 0.6) is 0 Å². The number of carbonyl (C=O) groups excluding carboxylic acids is 1. The molecule has 7 unspecified atom stereocenters.